The zero-order valence-corrected chi connectivity index (χ0v) is 12.8. The van der Waals surface area contributed by atoms with E-state index in [0.29, 0.717) is 19.4 Å². The van der Waals surface area contributed by atoms with Crippen molar-refractivity contribution in [2.75, 3.05) is 6.54 Å². The van der Waals surface area contributed by atoms with Crippen molar-refractivity contribution in [1.29, 1.82) is 0 Å². The Morgan fingerprint density at radius 3 is 2.52 bits per heavy atom. The van der Waals surface area contributed by atoms with Crippen molar-refractivity contribution in [3.8, 4) is 0 Å². The first-order valence-electron chi connectivity index (χ1n) is 7.53. The lowest BCUT2D eigenvalue weighted by Gasteiger charge is -2.46. The quantitative estimate of drug-likeness (QED) is 0.716. The predicted molar refractivity (Wildman–Crippen MR) is 76.4 cm³/mol. The molecule has 0 spiro atoms. The minimum Gasteiger partial charge on any atom is -0.481 e. The van der Waals surface area contributed by atoms with E-state index in [-0.39, 0.29) is 47.4 Å². The molecular formula is C15H24N2O4. The summed E-state index contributed by atoms with van der Waals surface area (Å²) in [6, 6.07) is -0.0289. The van der Waals surface area contributed by atoms with E-state index in [1.54, 1.807) is 0 Å². The number of carbonyl (C=O) groups is 3. The molecule has 118 valence electrons. The second-order valence-electron chi connectivity index (χ2n) is 6.90. The summed E-state index contributed by atoms with van der Waals surface area (Å²) in [5.74, 6) is -1.56. The minimum atomic E-state index is -0.762. The first kappa shape index (κ1) is 15.8. The Kier molecular flexibility index (Phi) is 4.25. The molecule has 4 unspecified atom stereocenters. The Labute approximate surface area is 124 Å². The topological polar surface area (TPSA) is 95.5 Å². The van der Waals surface area contributed by atoms with Gasteiger partial charge in [0.25, 0.3) is 0 Å². The molecule has 1 saturated heterocycles. The molecule has 0 bridgehead atoms. The molecule has 0 aromatic carbocycles. The molecule has 2 rings (SSSR count). The summed E-state index contributed by atoms with van der Waals surface area (Å²) in [6.45, 7) is 6.30. The van der Waals surface area contributed by atoms with Crippen molar-refractivity contribution in [2.45, 2.75) is 46.1 Å². The summed E-state index contributed by atoms with van der Waals surface area (Å²) in [6.07, 6.45) is 1.48. The highest BCUT2D eigenvalue weighted by Crippen LogP contribution is 2.45. The van der Waals surface area contributed by atoms with Gasteiger partial charge < -0.3 is 15.7 Å². The van der Waals surface area contributed by atoms with Crippen LogP contribution in [-0.2, 0) is 14.4 Å². The molecule has 1 aliphatic heterocycles. The molecule has 2 amide bonds. The number of nitrogens with one attached hydrogen (secondary N) is 2. The molecule has 2 aliphatic rings. The summed E-state index contributed by atoms with van der Waals surface area (Å²) in [4.78, 5) is 34.7. The Bertz CT molecular complexity index is 461. The van der Waals surface area contributed by atoms with Crippen molar-refractivity contribution in [2.24, 2.45) is 23.2 Å². The molecule has 0 aromatic heterocycles. The fourth-order valence-corrected chi connectivity index (χ4v) is 3.53. The van der Waals surface area contributed by atoms with Crippen molar-refractivity contribution in [1.82, 2.24) is 10.6 Å². The van der Waals surface area contributed by atoms with Crippen LogP contribution in [0.3, 0.4) is 0 Å². The van der Waals surface area contributed by atoms with Gasteiger partial charge in [0.05, 0.1) is 11.8 Å². The summed E-state index contributed by atoms with van der Waals surface area (Å²) in [7, 11) is 0. The lowest BCUT2D eigenvalue weighted by molar-refractivity contribution is -0.150. The average Bonchev–Trinajstić information content (AvgIpc) is 2.81. The number of hydrogen-bond acceptors (Lipinski definition) is 3. The van der Waals surface area contributed by atoms with E-state index < -0.39 is 5.97 Å². The van der Waals surface area contributed by atoms with Gasteiger partial charge in [-0.3, -0.25) is 14.4 Å². The number of amides is 2. The highest BCUT2D eigenvalue weighted by atomic mass is 16.4. The van der Waals surface area contributed by atoms with Crippen molar-refractivity contribution in [3.63, 3.8) is 0 Å². The third-order valence-corrected chi connectivity index (χ3v) is 5.42. The van der Waals surface area contributed by atoms with Crippen LogP contribution in [-0.4, -0.2) is 35.5 Å². The third kappa shape index (κ3) is 3.04. The molecule has 0 aromatic rings. The van der Waals surface area contributed by atoms with E-state index in [4.69, 9.17) is 0 Å². The van der Waals surface area contributed by atoms with Gasteiger partial charge in [-0.1, -0.05) is 20.8 Å². The maximum atomic E-state index is 12.2. The van der Waals surface area contributed by atoms with Gasteiger partial charge in [0, 0.05) is 19.0 Å². The molecule has 3 N–H and O–H groups in total. The summed E-state index contributed by atoms with van der Waals surface area (Å²) in [5.41, 5.74) is -0.369. The fourth-order valence-electron chi connectivity index (χ4n) is 3.53. The zero-order valence-electron chi connectivity index (χ0n) is 12.8. The lowest BCUT2D eigenvalue weighted by atomic mass is 9.61. The number of aliphatic carboxylic acids is 1. The lowest BCUT2D eigenvalue weighted by Crippen LogP contribution is -2.53. The monoisotopic (exact) mass is 296 g/mol. The Hall–Kier alpha value is -1.59. The van der Waals surface area contributed by atoms with Crippen LogP contribution in [0.15, 0.2) is 0 Å². The Balaban J connectivity index is 2.00. The van der Waals surface area contributed by atoms with Crippen LogP contribution in [0.5, 0.6) is 0 Å². The van der Waals surface area contributed by atoms with Gasteiger partial charge in [0.1, 0.15) is 0 Å². The summed E-state index contributed by atoms with van der Waals surface area (Å²) in [5, 5.41) is 15.0. The minimum absolute atomic E-state index is 0.0289. The molecule has 0 radical (unpaired) electrons. The van der Waals surface area contributed by atoms with Gasteiger partial charge in [0.2, 0.25) is 11.8 Å². The van der Waals surface area contributed by atoms with Crippen LogP contribution in [0, 0.1) is 23.2 Å². The number of hydrogen-bond donors (Lipinski definition) is 3. The van der Waals surface area contributed by atoms with Gasteiger partial charge in [0.15, 0.2) is 0 Å². The van der Waals surface area contributed by atoms with Crippen molar-refractivity contribution in [3.05, 3.63) is 0 Å². The Morgan fingerprint density at radius 2 is 2.00 bits per heavy atom. The summed E-state index contributed by atoms with van der Waals surface area (Å²) < 4.78 is 0. The maximum Gasteiger partial charge on any atom is 0.307 e. The van der Waals surface area contributed by atoms with Gasteiger partial charge in [-0.05, 0) is 24.2 Å². The largest absolute Gasteiger partial charge is 0.481 e. The molecule has 1 saturated carbocycles. The number of carboxylic acid groups (broad SMARTS) is 1. The highest BCUT2D eigenvalue weighted by Gasteiger charge is 2.47. The van der Waals surface area contributed by atoms with E-state index in [9.17, 15) is 19.5 Å². The first-order chi connectivity index (χ1) is 9.73. The predicted octanol–water partition coefficient (Wildman–Crippen LogP) is 0.764. The third-order valence-electron chi connectivity index (χ3n) is 5.42. The van der Waals surface area contributed by atoms with Crippen LogP contribution in [0.4, 0.5) is 0 Å². The van der Waals surface area contributed by atoms with Crippen LogP contribution < -0.4 is 10.6 Å². The number of rotatable bonds is 3. The van der Waals surface area contributed by atoms with E-state index in [1.165, 1.54) is 0 Å². The molecule has 1 aliphatic carbocycles. The van der Waals surface area contributed by atoms with Crippen molar-refractivity contribution < 1.29 is 19.5 Å². The van der Waals surface area contributed by atoms with Gasteiger partial charge in [-0.2, -0.15) is 0 Å². The second-order valence-corrected chi connectivity index (χ2v) is 6.90. The molecule has 4 atom stereocenters. The number of carbonyl (C=O) groups excluding carboxylic acids is 2. The van der Waals surface area contributed by atoms with E-state index >= 15 is 0 Å². The normalized spacial score (nSPS) is 35.1. The van der Waals surface area contributed by atoms with Crippen LogP contribution in [0.25, 0.3) is 0 Å². The van der Waals surface area contributed by atoms with Crippen molar-refractivity contribution >= 4 is 17.8 Å². The van der Waals surface area contributed by atoms with Crippen LogP contribution in [0.1, 0.15) is 40.0 Å². The van der Waals surface area contributed by atoms with E-state index in [2.05, 4.69) is 10.6 Å². The fraction of sp³-hybridized carbons (Fsp3) is 0.800. The van der Waals surface area contributed by atoms with Gasteiger partial charge in [-0.25, -0.2) is 0 Å². The van der Waals surface area contributed by atoms with Crippen LogP contribution in [0.2, 0.25) is 0 Å². The first-order valence-corrected chi connectivity index (χ1v) is 7.53. The average molecular weight is 296 g/mol. The molecule has 6 nitrogen and oxygen atoms in total. The van der Waals surface area contributed by atoms with Gasteiger partial charge in [-0.15, -0.1) is 0 Å². The SMILES string of the molecule is CC1C(NC(=O)C2CNC(=O)C2)CCC(C(=O)O)C1(C)C. The smallest absolute Gasteiger partial charge is 0.307 e. The molecule has 2 fully saturated rings. The molecule has 1 heterocycles. The van der Waals surface area contributed by atoms with Gasteiger partial charge >= 0.3 is 5.97 Å². The highest BCUT2D eigenvalue weighted by molar-refractivity contribution is 5.89. The van der Waals surface area contributed by atoms with E-state index in [1.807, 2.05) is 20.8 Å². The number of carboxylic acids is 1. The molecular weight excluding hydrogens is 272 g/mol. The summed E-state index contributed by atoms with van der Waals surface area (Å²) >= 11 is 0. The second kappa shape index (κ2) is 5.66. The van der Waals surface area contributed by atoms with Crippen LogP contribution >= 0.6 is 0 Å². The zero-order chi connectivity index (χ0) is 15.8. The molecule has 6 heteroatoms. The standard InChI is InChI=1S/C15H24N2O4/c1-8-11(5-4-10(14(20)21)15(8,2)3)17-13(19)9-6-12(18)16-7-9/h8-11H,4-7H2,1-3H3,(H,16,18)(H,17,19)(H,20,21). The van der Waals surface area contributed by atoms with E-state index in [0.717, 1.165) is 0 Å². The maximum absolute atomic E-state index is 12.2. The molecule has 21 heavy (non-hydrogen) atoms. The Morgan fingerprint density at radius 1 is 1.33 bits per heavy atom.